The number of nitrogens with zero attached hydrogens (tertiary/aromatic N) is 2. The Morgan fingerprint density at radius 2 is 2.31 bits per heavy atom. The fraction of sp³-hybridized carbons (Fsp3) is 0.417. The van der Waals surface area contributed by atoms with Crippen LogP contribution in [0.5, 0.6) is 0 Å². The standard InChI is InChI=1S/C12H14BrN3/c1-9-8-16(3-2-15-9)12-5-10(7-14)4-11(13)6-12/h4-6,9,15H,2-3,8H2,1H3. The van der Waals surface area contributed by atoms with E-state index in [2.05, 4.69) is 45.2 Å². The van der Waals surface area contributed by atoms with Crippen LogP contribution in [0.2, 0.25) is 0 Å². The van der Waals surface area contributed by atoms with E-state index in [-0.39, 0.29) is 0 Å². The molecule has 0 bridgehead atoms. The molecular formula is C12H14BrN3. The van der Waals surface area contributed by atoms with Crippen molar-refractivity contribution in [3.63, 3.8) is 0 Å². The van der Waals surface area contributed by atoms with Crippen LogP contribution in [-0.4, -0.2) is 25.7 Å². The number of nitrogens with one attached hydrogen (secondary N) is 1. The lowest BCUT2D eigenvalue weighted by molar-refractivity contribution is 0.485. The Morgan fingerprint density at radius 1 is 1.50 bits per heavy atom. The smallest absolute Gasteiger partial charge is 0.0992 e. The molecule has 0 aromatic heterocycles. The highest BCUT2D eigenvalue weighted by Gasteiger charge is 2.16. The molecular weight excluding hydrogens is 266 g/mol. The van der Waals surface area contributed by atoms with Gasteiger partial charge in [-0.2, -0.15) is 5.26 Å². The van der Waals surface area contributed by atoms with Crippen molar-refractivity contribution >= 4 is 21.6 Å². The first kappa shape index (κ1) is 11.4. The van der Waals surface area contributed by atoms with Crippen LogP contribution in [0.25, 0.3) is 0 Å². The van der Waals surface area contributed by atoms with Crippen molar-refractivity contribution in [3.05, 3.63) is 28.2 Å². The van der Waals surface area contributed by atoms with Crippen molar-refractivity contribution in [2.45, 2.75) is 13.0 Å². The molecule has 4 heteroatoms. The molecule has 1 fully saturated rings. The number of piperazine rings is 1. The van der Waals surface area contributed by atoms with Crippen molar-refractivity contribution in [2.75, 3.05) is 24.5 Å². The second-order valence-electron chi connectivity index (χ2n) is 4.11. The van der Waals surface area contributed by atoms with E-state index in [1.54, 1.807) is 0 Å². The zero-order valence-corrected chi connectivity index (χ0v) is 10.8. The molecule has 1 aliphatic heterocycles. The number of benzene rings is 1. The zero-order valence-electron chi connectivity index (χ0n) is 9.20. The van der Waals surface area contributed by atoms with Crippen molar-refractivity contribution in [1.29, 1.82) is 5.26 Å². The highest BCUT2D eigenvalue weighted by atomic mass is 79.9. The van der Waals surface area contributed by atoms with E-state index >= 15 is 0 Å². The van der Waals surface area contributed by atoms with Crippen LogP contribution >= 0.6 is 15.9 Å². The van der Waals surface area contributed by atoms with Crippen LogP contribution in [0.3, 0.4) is 0 Å². The molecule has 1 atom stereocenters. The minimum Gasteiger partial charge on any atom is -0.369 e. The molecule has 0 amide bonds. The van der Waals surface area contributed by atoms with Crippen LogP contribution in [0.4, 0.5) is 5.69 Å². The molecule has 84 valence electrons. The van der Waals surface area contributed by atoms with E-state index in [9.17, 15) is 0 Å². The molecule has 0 spiro atoms. The maximum Gasteiger partial charge on any atom is 0.0992 e. The molecule has 1 N–H and O–H groups in total. The molecule has 1 aromatic carbocycles. The molecule has 0 aliphatic carbocycles. The first-order valence-electron chi connectivity index (χ1n) is 5.38. The molecule has 0 radical (unpaired) electrons. The van der Waals surface area contributed by atoms with Gasteiger partial charge in [-0.15, -0.1) is 0 Å². The highest BCUT2D eigenvalue weighted by Crippen LogP contribution is 2.23. The Morgan fingerprint density at radius 3 is 3.00 bits per heavy atom. The minimum atomic E-state index is 0.498. The summed E-state index contributed by atoms with van der Waals surface area (Å²) in [6, 6.07) is 8.54. The van der Waals surface area contributed by atoms with Gasteiger partial charge in [0.05, 0.1) is 11.6 Å². The number of rotatable bonds is 1. The summed E-state index contributed by atoms with van der Waals surface area (Å²) in [5.41, 5.74) is 1.83. The molecule has 16 heavy (non-hydrogen) atoms. The van der Waals surface area contributed by atoms with Crippen LogP contribution in [0.1, 0.15) is 12.5 Å². The molecule has 0 saturated carbocycles. The maximum absolute atomic E-state index is 8.94. The second kappa shape index (κ2) is 4.86. The lowest BCUT2D eigenvalue weighted by atomic mass is 10.1. The van der Waals surface area contributed by atoms with Gasteiger partial charge in [-0.25, -0.2) is 0 Å². The topological polar surface area (TPSA) is 39.1 Å². The fourth-order valence-corrected chi connectivity index (χ4v) is 2.47. The van der Waals surface area contributed by atoms with Crippen molar-refractivity contribution < 1.29 is 0 Å². The third-order valence-electron chi connectivity index (χ3n) is 2.75. The van der Waals surface area contributed by atoms with E-state index < -0.39 is 0 Å². The Labute approximate surface area is 104 Å². The van der Waals surface area contributed by atoms with Gasteiger partial charge < -0.3 is 10.2 Å². The van der Waals surface area contributed by atoms with Crippen LogP contribution in [0.15, 0.2) is 22.7 Å². The van der Waals surface area contributed by atoms with Gasteiger partial charge >= 0.3 is 0 Å². The summed E-state index contributed by atoms with van der Waals surface area (Å²) in [5.74, 6) is 0. The lowest BCUT2D eigenvalue weighted by Crippen LogP contribution is -2.49. The second-order valence-corrected chi connectivity index (χ2v) is 5.03. The van der Waals surface area contributed by atoms with Gasteiger partial charge in [0.15, 0.2) is 0 Å². The van der Waals surface area contributed by atoms with Gasteiger partial charge in [0, 0.05) is 35.8 Å². The largest absolute Gasteiger partial charge is 0.369 e. The van der Waals surface area contributed by atoms with Crippen LogP contribution in [-0.2, 0) is 0 Å². The first-order chi connectivity index (χ1) is 7.69. The van der Waals surface area contributed by atoms with Crippen LogP contribution < -0.4 is 10.2 Å². The lowest BCUT2D eigenvalue weighted by Gasteiger charge is -2.33. The molecule has 1 saturated heterocycles. The number of hydrogen-bond donors (Lipinski definition) is 1. The van der Waals surface area contributed by atoms with E-state index in [1.807, 2.05) is 12.1 Å². The number of hydrogen-bond acceptors (Lipinski definition) is 3. The van der Waals surface area contributed by atoms with Crippen molar-refractivity contribution in [2.24, 2.45) is 0 Å². The predicted molar refractivity (Wildman–Crippen MR) is 68.5 cm³/mol. The molecule has 1 aromatic rings. The van der Waals surface area contributed by atoms with Gasteiger partial charge in [0.1, 0.15) is 0 Å². The number of anilines is 1. The molecule has 1 aliphatic rings. The van der Waals surface area contributed by atoms with E-state index in [0.717, 1.165) is 29.8 Å². The minimum absolute atomic E-state index is 0.498. The third kappa shape index (κ3) is 2.55. The van der Waals surface area contributed by atoms with Crippen molar-refractivity contribution in [3.8, 4) is 6.07 Å². The van der Waals surface area contributed by atoms with Crippen LogP contribution in [0, 0.1) is 11.3 Å². The summed E-state index contributed by atoms with van der Waals surface area (Å²) in [6.07, 6.45) is 0. The van der Waals surface area contributed by atoms with Gasteiger partial charge in [-0.05, 0) is 25.1 Å². The van der Waals surface area contributed by atoms with Crippen molar-refractivity contribution in [1.82, 2.24) is 5.32 Å². The van der Waals surface area contributed by atoms with E-state index in [1.165, 1.54) is 0 Å². The summed E-state index contributed by atoms with van der Waals surface area (Å²) in [6.45, 7) is 5.15. The number of halogens is 1. The van der Waals surface area contributed by atoms with Gasteiger partial charge in [-0.1, -0.05) is 15.9 Å². The maximum atomic E-state index is 8.94. The SMILES string of the molecule is CC1CN(c2cc(Br)cc(C#N)c2)CCN1. The Hall–Kier alpha value is -1.05. The Balaban J connectivity index is 2.26. The summed E-state index contributed by atoms with van der Waals surface area (Å²) in [7, 11) is 0. The third-order valence-corrected chi connectivity index (χ3v) is 3.20. The summed E-state index contributed by atoms with van der Waals surface area (Å²) >= 11 is 3.44. The van der Waals surface area contributed by atoms with Gasteiger partial charge in [0.25, 0.3) is 0 Å². The Bertz CT molecular complexity index is 425. The molecule has 1 heterocycles. The normalized spacial score (nSPS) is 20.6. The average molecular weight is 280 g/mol. The molecule has 1 unspecified atom stereocenters. The highest BCUT2D eigenvalue weighted by molar-refractivity contribution is 9.10. The summed E-state index contributed by atoms with van der Waals surface area (Å²) in [5, 5.41) is 12.3. The summed E-state index contributed by atoms with van der Waals surface area (Å²) < 4.78 is 0.965. The van der Waals surface area contributed by atoms with Gasteiger partial charge in [0.2, 0.25) is 0 Å². The Kier molecular flexibility index (Phi) is 3.47. The monoisotopic (exact) mass is 279 g/mol. The zero-order chi connectivity index (χ0) is 11.5. The predicted octanol–water partition coefficient (Wildman–Crippen LogP) is 2.12. The molecule has 2 rings (SSSR count). The first-order valence-corrected chi connectivity index (χ1v) is 6.17. The fourth-order valence-electron chi connectivity index (χ4n) is 1.99. The summed E-state index contributed by atoms with van der Waals surface area (Å²) in [4.78, 5) is 2.31. The number of nitriles is 1. The van der Waals surface area contributed by atoms with E-state index in [0.29, 0.717) is 11.6 Å². The average Bonchev–Trinajstić information content (AvgIpc) is 2.28. The van der Waals surface area contributed by atoms with Gasteiger partial charge in [-0.3, -0.25) is 0 Å². The van der Waals surface area contributed by atoms with E-state index in [4.69, 9.17) is 5.26 Å². The quantitative estimate of drug-likeness (QED) is 0.856. The molecule has 3 nitrogen and oxygen atoms in total.